The van der Waals surface area contributed by atoms with Crippen molar-refractivity contribution < 1.29 is 9.26 Å². The first-order chi connectivity index (χ1) is 10.7. The van der Waals surface area contributed by atoms with Gasteiger partial charge in [0.2, 0.25) is 5.89 Å². The molecule has 1 aliphatic rings. The van der Waals surface area contributed by atoms with Gasteiger partial charge in [-0.25, -0.2) is 0 Å². The largest absolute Gasteiger partial charge is 0.497 e. The van der Waals surface area contributed by atoms with Gasteiger partial charge in [-0.1, -0.05) is 11.2 Å². The van der Waals surface area contributed by atoms with Crippen molar-refractivity contribution in [2.24, 2.45) is 0 Å². The van der Waals surface area contributed by atoms with E-state index >= 15 is 0 Å². The van der Waals surface area contributed by atoms with Gasteiger partial charge in [-0.15, -0.1) is 0 Å². The molecular weight excluding hydrogens is 278 g/mol. The van der Waals surface area contributed by atoms with Crippen LogP contribution < -0.4 is 4.74 Å². The van der Waals surface area contributed by atoms with Gasteiger partial charge in [0.15, 0.2) is 5.82 Å². The highest BCUT2D eigenvalue weighted by Gasteiger charge is 2.25. The molecule has 0 saturated carbocycles. The van der Waals surface area contributed by atoms with Crippen LogP contribution in [0.3, 0.4) is 0 Å². The first kappa shape index (κ1) is 15.0. The van der Waals surface area contributed by atoms with E-state index in [1.807, 2.05) is 13.0 Å². The molecule has 1 unspecified atom stereocenters. The molecule has 0 spiro atoms. The van der Waals surface area contributed by atoms with E-state index in [1.54, 1.807) is 7.11 Å². The number of likely N-dealkylation sites (tertiary alicyclic amines) is 1. The predicted molar refractivity (Wildman–Crippen MR) is 84.0 cm³/mol. The van der Waals surface area contributed by atoms with Gasteiger partial charge in [0, 0.05) is 13.1 Å². The Morgan fingerprint density at radius 2 is 2.23 bits per heavy atom. The van der Waals surface area contributed by atoms with Crippen molar-refractivity contribution in [1.82, 2.24) is 15.0 Å². The highest BCUT2D eigenvalue weighted by molar-refractivity contribution is 5.34. The number of piperidine rings is 1. The molecule has 5 nitrogen and oxygen atoms in total. The van der Waals surface area contributed by atoms with Gasteiger partial charge in [0.1, 0.15) is 5.75 Å². The standard InChI is InChI=1S/C17H23N3O2/c1-12-9-16(21-3)7-6-14(12)10-20-8-4-5-15(11-20)17-18-13(2)19-22-17/h6-7,9,15H,4-5,8,10-11H2,1-3H3. The Morgan fingerprint density at radius 1 is 1.36 bits per heavy atom. The van der Waals surface area contributed by atoms with Crippen LogP contribution in [0, 0.1) is 13.8 Å². The molecule has 2 heterocycles. The van der Waals surface area contributed by atoms with E-state index in [9.17, 15) is 0 Å². The summed E-state index contributed by atoms with van der Waals surface area (Å²) in [4.78, 5) is 6.87. The number of hydrogen-bond acceptors (Lipinski definition) is 5. The van der Waals surface area contributed by atoms with Crippen molar-refractivity contribution in [2.45, 2.75) is 39.2 Å². The Morgan fingerprint density at radius 3 is 2.91 bits per heavy atom. The van der Waals surface area contributed by atoms with E-state index in [0.29, 0.717) is 5.92 Å². The zero-order valence-electron chi connectivity index (χ0n) is 13.5. The molecule has 1 aromatic carbocycles. The number of nitrogens with zero attached hydrogens (tertiary/aromatic N) is 3. The molecule has 0 amide bonds. The zero-order chi connectivity index (χ0) is 15.5. The Hall–Kier alpha value is -1.88. The van der Waals surface area contributed by atoms with Crippen LogP contribution in [0.5, 0.6) is 5.75 Å². The lowest BCUT2D eigenvalue weighted by Crippen LogP contribution is -2.34. The third-order valence-electron chi connectivity index (χ3n) is 4.34. The fourth-order valence-electron chi connectivity index (χ4n) is 3.09. The first-order valence-electron chi connectivity index (χ1n) is 7.82. The smallest absolute Gasteiger partial charge is 0.231 e. The number of hydrogen-bond donors (Lipinski definition) is 0. The summed E-state index contributed by atoms with van der Waals surface area (Å²) in [6, 6.07) is 6.29. The van der Waals surface area contributed by atoms with Crippen LogP contribution in [0.1, 0.15) is 41.6 Å². The Bertz CT molecular complexity index is 639. The quantitative estimate of drug-likeness (QED) is 0.868. The maximum Gasteiger partial charge on any atom is 0.231 e. The van der Waals surface area contributed by atoms with Crippen molar-refractivity contribution in [1.29, 1.82) is 0 Å². The summed E-state index contributed by atoms with van der Waals surface area (Å²) in [5, 5.41) is 3.92. The lowest BCUT2D eigenvalue weighted by atomic mass is 9.97. The number of benzene rings is 1. The second kappa shape index (κ2) is 6.48. The van der Waals surface area contributed by atoms with Gasteiger partial charge >= 0.3 is 0 Å². The van der Waals surface area contributed by atoms with Crippen LogP contribution in [0.2, 0.25) is 0 Å². The van der Waals surface area contributed by atoms with Gasteiger partial charge in [0.05, 0.1) is 13.0 Å². The van der Waals surface area contributed by atoms with E-state index in [2.05, 4.69) is 34.1 Å². The summed E-state index contributed by atoms with van der Waals surface area (Å²) in [5.74, 6) is 2.78. The van der Waals surface area contributed by atoms with Crippen molar-refractivity contribution in [3.8, 4) is 5.75 Å². The lowest BCUT2D eigenvalue weighted by Gasteiger charge is -2.31. The molecule has 2 aromatic rings. The van der Waals surface area contributed by atoms with Crippen LogP contribution in [-0.4, -0.2) is 35.2 Å². The fraction of sp³-hybridized carbons (Fsp3) is 0.529. The van der Waals surface area contributed by atoms with Crippen LogP contribution in [0.15, 0.2) is 22.7 Å². The molecule has 1 fully saturated rings. The molecule has 5 heteroatoms. The molecule has 0 N–H and O–H groups in total. The average molecular weight is 301 g/mol. The minimum Gasteiger partial charge on any atom is -0.497 e. The van der Waals surface area contributed by atoms with Crippen LogP contribution >= 0.6 is 0 Å². The Labute approximate surface area is 131 Å². The van der Waals surface area contributed by atoms with E-state index in [0.717, 1.165) is 43.5 Å². The molecule has 0 aliphatic carbocycles. The molecule has 118 valence electrons. The summed E-state index contributed by atoms with van der Waals surface area (Å²) in [7, 11) is 1.70. The molecule has 22 heavy (non-hydrogen) atoms. The molecule has 1 saturated heterocycles. The Balaban J connectivity index is 1.67. The summed E-state index contributed by atoms with van der Waals surface area (Å²) in [6.07, 6.45) is 2.29. The van der Waals surface area contributed by atoms with Crippen LogP contribution in [-0.2, 0) is 6.54 Å². The van der Waals surface area contributed by atoms with E-state index in [1.165, 1.54) is 17.5 Å². The maximum absolute atomic E-state index is 5.35. The predicted octanol–water partition coefficient (Wildman–Crippen LogP) is 3.07. The minimum atomic E-state index is 0.355. The zero-order valence-corrected chi connectivity index (χ0v) is 13.5. The van der Waals surface area contributed by atoms with E-state index in [4.69, 9.17) is 9.26 Å². The van der Waals surface area contributed by atoms with Crippen molar-refractivity contribution >= 4 is 0 Å². The van der Waals surface area contributed by atoms with Crippen molar-refractivity contribution in [2.75, 3.05) is 20.2 Å². The summed E-state index contributed by atoms with van der Waals surface area (Å²) < 4.78 is 10.6. The molecule has 1 atom stereocenters. The number of aromatic nitrogens is 2. The second-order valence-corrected chi connectivity index (χ2v) is 6.05. The third kappa shape index (κ3) is 3.30. The summed E-state index contributed by atoms with van der Waals surface area (Å²) >= 11 is 0. The minimum absolute atomic E-state index is 0.355. The summed E-state index contributed by atoms with van der Waals surface area (Å²) in [6.45, 7) is 7.07. The highest BCUT2D eigenvalue weighted by atomic mass is 16.5. The molecule has 3 rings (SSSR count). The van der Waals surface area contributed by atoms with Crippen LogP contribution in [0.4, 0.5) is 0 Å². The van der Waals surface area contributed by atoms with Crippen molar-refractivity contribution in [3.63, 3.8) is 0 Å². The topological polar surface area (TPSA) is 51.4 Å². The average Bonchev–Trinajstić information content (AvgIpc) is 2.96. The molecule has 1 aromatic heterocycles. The van der Waals surface area contributed by atoms with E-state index in [-0.39, 0.29) is 0 Å². The van der Waals surface area contributed by atoms with Gasteiger partial charge in [-0.05, 0) is 56.5 Å². The maximum atomic E-state index is 5.35. The number of methoxy groups -OCH3 is 1. The SMILES string of the molecule is COc1ccc(CN2CCCC(c3nc(C)no3)C2)c(C)c1. The summed E-state index contributed by atoms with van der Waals surface area (Å²) in [5.41, 5.74) is 2.62. The van der Waals surface area contributed by atoms with Gasteiger partial charge in [-0.3, -0.25) is 4.90 Å². The van der Waals surface area contributed by atoms with Gasteiger partial charge in [0.25, 0.3) is 0 Å². The second-order valence-electron chi connectivity index (χ2n) is 6.05. The fourth-order valence-corrected chi connectivity index (χ4v) is 3.09. The lowest BCUT2D eigenvalue weighted by molar-refractivity contribution is 0.180. The first-order valence-corrected chi connectivity index (χ1v) is 7.82. The Kier molecular flexibility index (Phi) is 4.43. The third-order valence-corrected chi connectivity index (χ3v) is 4.34. The molecule has 0 bridgehead atoms. The number of ether oxygens (including phenoxy) is 1. The van der Waals surface area contributed by atoms with Gasteiger partial charge in [-0.2, -0.15) is 4.98 Å². The molecule has 0 radical (unpaired) electrons. The molecular formula is C17H23N3O2. The van der Waals surface area contributed by atoms with Crippen molar-refractivity contribution in [3.05, 3.63) is 41.0 Å². The highest BCUT2D eigenvalue weighted by Crippen LogP contribution is 2.27. The van der Waals surface area contributed by atoms with E-state index < -0.39 is 0 Å². The normalized spacial score (nSPS) is 19.3. The monoisotopic (exact) mass is 301 g/mol. The van der Waals surface area contributed by atoms with Gasteiger partial charge < -0.3 is 9.26 Å². The molecule has 1 aliphatic heterocycles. The number of rotatable bonds is 4. The van der Waals surface area contributed by atoms with Crippen LogP contribution in [0.25, 0.3) is 0 Å². The number of aryl methyl sites for hydroxylation is 2.